The summed E-state index contributed by atoms with van der Waals surface area (Å²) in [6.07, 6.45) is 1.10. The van der Waals surface area contributed by atoms with Gasteiger partial charge in [0, 0.05) is 22.9 Å². The van der Waals surface area contributed by atoms with Gasteiger partial charge in [0.05, 0.1) is 6.21 Å². The summed E-state index contributed by atoms with van der Waals surface area (Å²) < 4.78 is 26.0. The molecule has 0 saturated carbocycles. The molecule has 0 saturated heterocycles. The standard InChI is InChI=1S/C14H11F2N3O/c15-11-4-1-10(13(16)7-11)8-18-19-14(20)9-2-5-12(17)6-3-9/h1-8H,17H2,(H,19,20)/b18-8-. The minimum atomic E-state index is -0.754. The molecular formula is C14H11F2N3O. The Balaban J connectivity index is 2.02. The molecule has 0 bridgehead atoms. The number of hydrogen-bond acceptors (Lipinski definition) is 3. The van der Waals surface area contributed by atoms with E-state index in [2.05, 4.69) is 10.5 Å². The van der Waals surface area contributed by atoms with E-state index in [1.54, 1.807) is 24.3 Å². The largest absolute Gasteiger partial charge is 0.399 e. The first-order valence-corrected chi connectivity index (χ1v) is 5.70. The highest BCUT2D eigenvalue weighted by Crippen LogP contribution is 2.07. The molecule has 1 amide bonds. The molecule has 0 aliphatic rings. The lowest BCUT2D eigenvalue weighted by Gasteiger charge is -2.00. The number of amides is 1. The highest BCUT2D eigenvalue weighted by Gasteiger charge is 2.04. The van der Waals surface area contributed by atoms with Crippen molar-refractivity contribution in [1.82, 2.24) is 5.43 Å². The van der Waals surface area contributed by atoms with Crippen LogP contribution in [0.3, 0.4) is 0 Å². The van der Waals surface area contributed by atoms with Gasteiger partial charge in [0.15, 0.2) is 0 Å². The van der Waals surface area contributed by atoms with Crippen LogP contribution >= 0.6 is 0 Å². The number of hydrazone groups is 1. The van der Waals surface area contributed by atoms with Crippen LogP contribution in [0.1, 0.15) is 15.9 Å². The van der Waals surface area contributed by atoms with Gasteiger partial charge < -0.3 is 5.73 Å². The minimum Gasteiger partial charge on any atom is -0.399 e. The number of carbonyl (C=O) groups excluding carboxylic acids is 1. The lowest BCUT2D eigenvalue weighted by atomic mass is 10.2. The first kappa shape index (κ1) is 13.7. The Kier molecular flexibility index (Phi) is 4.05. The van der Waals surface area contributed by atoms with Crippen LogP contribution in [-0.4, -0.2) is 12.1 Å². The molecule has 0 radical (unpaired) electrons. The van der Waals surface area contributed by atoms with Crippen molar-refractivity contribution in [2.75, 3.05) is 5.73 Å². The number of nitrogens with zero attached hydrogens (tertiary/aromatic N) is 1. The average molecular weight is 275 g/mol. The van der Waals surface area contributed by atoms with E-state index in [1.807, 2.05) is 0 Å². The number of nitrogens with two attached hydrogens (primary N) is 1. The summed E-state index contributed by atoms with van der Waals surface area (Å²) in [5.41, 5.74) is 8.72. The van der Waals surface area contributed by atoms with Crippen molar-refractivity contribution >= 4 is 17.8 Å². The Morgan fingerprint density at radius 3 is 2.50 bits per heavy atom. The molecule has 0 aromatic heterocycles. The van der Waals surface area contributed by atoms with E-state index in [9.17, 15) is 13.6 Å². The zero-order valence-electron chi connectivity index (χ0n) is 10.3. The second kappa shape index (κ2) is 5.92. The summed E-state index contributed by atoms with van der Waals surface area (Å²) in [5.74, 6) is -1.88. The Morgan fingerprint density at radius 1 is 1.15 bits per heavy atom. The van der Waals surface area contributed by atoms with Crippen LogP contribution in [0.25, 0.3) is 0 Å². The van der Waals surface area contributed by atoms with Crippen LogP contribution in [0.15, 0.2) is 47.6 Å². The molecule has 4 nitrogen and oxygen atoms in total. The number of hydrogen-bond donors (Lipinski definition) is 2. The third-order valence-electron chi connectivity index (χ3n) is 2.51. The maximum Gasteiger partial charge on any atom is 0.271 e. The fourth-order valence-electron chi connectivity index (χ4n) is 1.47. The summed E-state index contributed by atoms with van der Waals surface area (Å²) in [7, 11) is 0. The van der Waals surface area contributed by atoms with Crippen LogP contribution in [0.2, 0.25) is 0 Å². The minimum absolute atomic E-state index is 0.0732. The number of carbonyl (C=O) groups is 1. The molecule has 3 N–H and O–H groups in total. The number of rotatable bonds is 3. The third-order valence-corrected chi connectivity index (χ3v) is 2.51. The quantitative estimate of drug-likeness (QED) is 0.513. The highest BCUT2D eigenvalue weighted by atomic mass is 19.1. The van der Waals surface area contributed by atoms with Crippen molar-refractivity contribution in [3.63, 3.8) is 0 Å². The Hall–Kier alpha value is -2.76. The monoisotopic (exact) mass is 275 g/mol. The third kappa shape index (κ3) is 3.38. The van der Waals surface area contributed by atoms with Crippen molar-refractivity contribution in [1.29, 1.82) is 0 Å². The molecule has 20 heavy (non-hydrogen) atoms. The maximum atomic E-state index is 13.3. The van der Waals surface area contributed by atoms with Gasteiger partial charge in [-0.2, -0.15) is 5.10 Å². The fourth-order valence-corrected chi connectivity index (χ4v) is 1.47. The first-order valence-electron chi connectivity index (χ1n) is 5.70. The van der Waals surface area contributed by atoms with Gasteiger partial charge in [-0.15, -0.1) is 0 Å². The van der Waals surface area contributed by atoms with E-state index in [4.69, 9.17) is 5.73 Å². The molecule has 0 atom stereocenters. The van der Waals surface area contributed by atoms with E-state index in [1.165, 1.54) is 6.07 Å². The van der Waals surface area contributed by atoms with Crippen molar-refractivity contribution in [2.45, 2.75) is 0 Å². The summed E-state index contributed by atoms with van der Waals surface area (Å²) >= 11 is 0. The molecule has 0 aliphatic heterocycles. The van der Waals surface area contributed by atoms with Crippen LogP contribution in [-0.2, 0) is 0 Å². The van der Waals surface area contributed by atoms with Crippen molar-refractivity contribution < 1.29 is 13.6 Å². The number of nitrogen functional groups attached to an aromatic ring is 1. The molecule has 0 spiro atoms. The number of benzene rings is 2. The van der Waals surface area contributed by atoms with E-state index < -0.39 is 17.5 Å². The van der Waals surface area contributed by atoms with Gasteiger partial charge in [-0.3, -0.25) is 4.79 Å². The average Bonchev–Trinajstić information content (AvgIpc) is 2.42. The molecular weight excluding hydrogens is 264 g/mol. The first-order chi connectivity index (χ1) is 9.56. The topological polar surface area (TPSA) is 67.5 Å². The van der Waals surface area contributed by atoms with Gasteiger partial charge >= 0.3 is 0 Å². The summed E-state index contributed by atoms with van der Waals surface area (Å²) in [6, 6.07) is 9.31. The van der Waals surface area contributed by atoms with Crippen LogP contribution in [0.4, 0.5) is 14.5 Å². The number of anilines is 1. The Labute approximate surface area is 113 Å². The van der Waals surface area contributed by atoms with Crippen LogP contribution in [0, 0.1) is 11.6 Å². The lowest BCUT2D eigenvalue weighted by molar-refractivity contribution is 0.0955. The van der Waals surface area contributed by atoms with Gasteiger partial charge in [0.25, 0.3) is 5.91 Å². The molecule has 102 valence electrons. The normalized spacial score (nSPS) is 10.7. The molecule has 2 rings (SSSR count). The molecule has 0 unspecified atom stereocenters. The fraction of sp³-hybridized carbons (Fsp3) is 0. The molecule has 2 aromatic carbocycles. The Bertz CT molecular complexity index is 654. The second-order valence-corrected chi connectivity index (χ2v) is 3.99. The molecule has 0 fully saturated rings. The van der Waals surface area contributed by atoms with Gasteiger partial charge in [-0.1, -0.05) is 0 Å². The van der Waals surface area contributed by atoms with Gasteiger partial charge in [0.2, 0.25) is 0 Å². The predicted octanol–water partition coefficient (Wildman–Crippen LogP) is 2.31. The number of nitrogens with one attached hydrogen (secondary N) is 1. The van der Waals surface area contributed by atoms with E-state index >= 15 is 0 Å². The van der Waals surface area contributed by atoms with E-state index in [-0.39, 0.29) is 5.56 Å². The summed E-state index contributed by atoms with van der Waals surface area (Å²) in [4.78, 5) is 11.7. The van der Waals surface area contributed by atoms with Crippen molar-refractivity contribution in [3.05, 3.63) is 65.2 Å². The summed E-state index contributed by atoms with van der Waals surface area (Å²) in [5, 5.41) is 3.61. The maximum absolute atomic E-state index is 13.3. The SMILES string of the molecule is Nc1ccc(C(=O)N/N=C\c2ccc(F)cc2F)cc1. The molecule has 0 aliphatic carbocycles. The predicted molar refractivity (Wildman–Crippen MR) is 72.3 cm³/mol. The molecule has 2 aromatic rings. The van der Waals surface area contributed by atoms with Crippen LogP contribution in [0.5, 0.6) is 0 Å². The summed E-state index contributed by atoms with van der Waals surface area (Å²) in [6.45, 7) is 0. The zero-order chi connectivity index (χ0) is 14.5. The van der Waals surface area contributed by atoms with Gasteiger partial charge in [-0.05, 0) is 36.4 Å². The second-order valence-electron chi connectivity index (χ2n) is 3.99. The Morgan fingerprint density at radius 2 is 1.85 bits per heavy atom. The van der Waals surface area contributed by atoms with Crippen molar-refractivity contribution in [2.24, 2.45) is 5.10 Å². The smallest absolute Gasteiger partial charge is 0.271 e. The van der Waals surface area contributed by atoms with Gasteiger partial charge in [-0.25, -0.2) is 14.2 Å². The molecule has 0 heterocycles. The van der Waals surface area contributed by atoms with Gasteiger partial charge in [0.1, 0.15) is 11.6 Å². The van der Waals surface area contributed by atoms with Crippen LogP contribution < -0.4 is 11.2 Å². The van der Waals surface area contributed by atoms with Crippen molar-refractivity contribution in [3.8, 4) is 0 Å². The number of halogens is 2. The lowest BCUT2D eigenvalue weighted by Crippen LogP contribution is -2.17. The van der Waals surface area contributed by atoms with E-state index in [0.29, 0.717) is 11.3 Å². The van der Waals surface area contributed by atoms with E-state index in [0.717, 1.165) is 18.3 Å². The molecule has 6 heteroatoms. The highest BCUT2D eigenvalue weighted by molar-refractivity contribution is 5.95. The zero-order valence-corrected chi connectivity index (χ0v) is 10.3.